The maximum atomic E-state index is 11.7. The number of halogens is 2. The molecule has 52 valence electrons. The van der Waals surface area contributed by atoms with Gasteiger partial charge in [0.1, 0.15) is 5.92 Å². The molecule has 1 unspecified atom stereocenters. The highest BCUT2D eigenvalue weighted by Gasteiger charge is 2.17. The van der Waals surface area contributed by atoms with Crippen molar-refractivity contribution >= 4 is 0 Å². The highest BCUT2D eigenvalue weighted by atomic mass is 19.3. The van der Waals surface area contributed by atoms with Crippen LogP contribution in [-0.4, -0.2) is 6.43 Å². The van der Waals surface area contributed by atoms with Crippen molar-refractivity contribution < 1.29 is 8.78 Å². The van der Waals surface area contributed by atoms with Crippen LogP contribution in [0.3, 0.4) is 0 Å². The van der Waals surface area contributed by atoms with Crippen LogP contribution in [0.25, 0.3) is 0 Å². The first-order chi connectivity index (χ1) is 4.22. The first-order valence-corrected chi connectivity index (χ1v) is 2.90. The summed E-state index contributed by atoms with van der Waals surface area (Å²) in [6.07, 6.45) is -1.54. The van der Waals surface area contributed by atoms with Gasteiger partial charge in [-0.2, -0.15) is 5.26 Å². The summed E-state index contributed by atoms with van der Waals surface area (Å²) in [5, 5.41) is 8.10. The average molecular weight is 133 g/mol. The third-order valence-electron chi connectivity index (χ3n) is 1.07. The summed E-state index contributed by atoms with van der Waals surface area (Å²) in [6, 6.07) is 1.55. The van der Waals surface area contributed by atoms with Gasteiger partial charge in [0.05, 0.1) is 6.07 Å². The summed E-state index contributed by atoms with van der Waals surface area (Å²) in [7, 11) is 0. The van der Waals surface area contributed by atoms with Crippen molar-refractivity contribution in [1.82, 2.24) is 0 Å². The molecule has 0 fully saturated rings. The van der Waals surface area contributed by atoms with Crippen LogP contribution in [0, 0.1) is 17.2 Å². The Balaban J connectivity index is 3.58. The van der Waals surface area contributed by atoms with Crippen LogP contribution < -0.4 is 0 Å². The molecular weight excluding hydrogens is 124 g/mol. The normalized spacial score (nSPS) is 13.2. The number of rotatable bonds is 3. The molecule has 0 amide bonds. The van der Waals surface area contributed by atoms with Gasteiger partial charge in [0.25, 0.3) is 6.43 Å². The van der Waals surface area contributed by atoms with Gasteiger partial charge in [-0.3, -0.25) is 0 Å². The number of nitrogens with zero attached hydrogens (tertiary/aromatic N) is 1. The fraction of sp³-hybridized carbons (Fsp3) is 0.833. The van der Waals surface area contributed by atoms with Crippen molar-refractivity contribution in [3.63, 3.8) is 0 Å². The van der Waals surface area contributed by atoms with Crippen LogP contribution in [-0.2, 0) is 0 Å². The Morgan fingerprint density at radius 2 is 2.11 bits per heavy atom. The van der Waals surface area contributed by atoms with E-state index in [0.717, 1.165) is 0 Å². The highest BCUT2D eigenvalue weighted by molar-refractivity contribution is 4.83. The molecule has 1 atom stereocenters. The van der Waals surface area contributed by atoms with E-state index < -0.39 is 12.3 Å². The molecule has 0 radical (unpaired) electrons. The van der Waals surface area contributed by atoms with Crippen molar-refractivity contribution in [2.75, 3.05) is 0 Å². The minimum Gasteiger partial charge on any atom is -0.209 e. The third-order valence-corrected chi connectivity index (χ3v) is 1.07. The standard InChI is InChI=1S/C6H9F2N/c1-2-3-5(4-9)6(7)8/h5-6H,2-3H2,1H3. The summed E-state index contributed by atoms with van der Waals surface area (Å²) < 4.78 is 23.3. The topological polar surface area (TPSA) is 23.8 Å². The van der Waals surface area contributed by atoms with Crippen LogP contribution in [0.4, 0.5) is 8.78 Å². The molecule has 0 aromatic carbocycles. The molecule has 3 heteroatoms. The van der Waals surface area contributed by atoms with E-state index in [2.05, 4.69) is 0 Å². The fourth-order valence-corrected chi connectivity index (χ4v) is 0.558. The third kappa shape index (κ3) is 3.02. The quantitative estimate of drug-likeness (QED) is 0.578. The number of hydrogen-bond donors (Lipinski definition) is 0. The number of hydrogen-bond acceptors (Lipinski definition) is 1. The van der Waals surface area contributed by atoms with Gasteiger partial charge in [0, 0.05) is 0 Å². The van der Waals surface area contributed by atoms with E-state index in [1.807, 2.05) is 0 Å². The molecule has 0 rings (SSSR count). The second-order valence-corrected chi connectivity index (χ2v) is 1.86. The SMILES string of the molecule is CCCC(C#N)C(F)F. The van der Waals surface area contributed by atoms with Gasteiger partial charge in [-0.05, 0) is 6.42 Å². The monoisotopic (exact) mass is 133 g/mol. The van der Waals surface area contributed by atoms with Crippen molar-refractivity contribution in [2.24, 2.45) is 5.92 Å². The van der Waals surface area contributed by atoms with Crippen LogP contribution in [0.15, 0.2) is 0 Å². The molecule has 0 N–H and O–H groups in total. The molecule has 0 saturated heterocycles. The summed E-state index contributed by atoms with van der Waals surface area (Å²) in [5.41, 5.74) is 0. The van der Waals surface area contributed by atoms with Gasteiger partial charge >= 0.3 is 0 Å². The van der Waals surface area contributed by atoms with Gasteiger partial charge in [0.2, 0.25) is 0 Å². The lowest BCUT2D eigenvalue weighted by Gasteiger charge is -2.03. The van der Waals surface area contributed by atoms with E-state index in [4.69, 9.17) is 5.26 Å². The predicted molar refractivity (Wildman–Crippen MR) is 30.0 cm³/mol. The Kier molecular flexibility index (Phi) is 3.94. The molecule has 0 spiro atoms. The van der Waals surface area contributed by atoms with Crippen LogP contribution in [0.5, 0.6) is 0 Å². The lowest BCUT2D eigenvalue weighted by atomic mass is 10.1. The summed E-state index contributed by atoms with van der Waals surface area (Å²) in [5.74, 6) is -1.06. The average Bonchev–Trinajstić information content (AvgIpc) is 1.82. The van der Waals surface area contributed by atoms with Gasteiger partial charge in [-0.25, -0.2) is 8.78 Å². The minimum absolute atomic E-state index is 0.300. The fourth-order valence-electron chi connectivity index (χ4n) is 0.558. The Morgan fingerprint density at radius 1 is 1.56 bits per heavy atom. The molecular formula is C6H9F2N. The highest BCUT2D eigenvalue weighted by Crippen LogP contribution is 2.13. The zero-order valence-corrected chi connectivity index (χ0v) is 5.27. The van der Waals surface area contributed by atoms with Crippen LogP contribution in [0.1, 0.15) is 19.8 Å². The van der Waals surface area contributed by atoms with Gasteiger partial charge in [-0.15, -0.1) is 0 Å². The zero-order chi connectivity index (χ0) is 7.28. The predicted octanol–water partition coefficient (Wildman–Crippen LogP) is 2.19. The van der Waals surface area contributed by atoms with E-state index in [-0.39, 0.29) is 0 Å². The molecule has 0 aliphatic heterocycles. The number of alkyl halides is 2. The first kappa shape index (κ1) is 8.35. The maximum absolute atomic E-state index is 11.7. The van der Waals surface area contributed by atoms with E-state index in [0.29, 0.717) is 12.8 Å². The van der Waals surface area contributed by atoms with Gasteiger partial charge in [0.15, 0.2) is 0 Å². The van der Waals surface area contributed by atoms with Crippen molar-refractivity contribution in [1.29, 1.82) is 5.26 Å². The summed E-state index contributed by atoms with van der Waals surface area (Å²) >= 11 is 0. The lowest BCUT2D eigenvalue weighted by Crippen LogP contribution is -2.07. The lowest BCUT2D eigenvalue weighted by molar-refractivity contribution is 0.0990. The summed E-state index contributed by atoms with van der Waals surface area (Å²) in [6.45, 7) is 1.78. The van der Waals surface area contributed by atoms with Crippen molar-refractivity contribution in [2.45, 2.75) is 26.2 Å². The molecule has 0 heterocycles. The van der Waals surface area contributed by atoms with Crippen molar-refractivity contribution in [3.05, 3.63) is 0 Å². The Hall–Kier alpha value is -0.650. The zero-order valence-electron chi connectivity index (χ0n) is 5.27. The van der Waals surface area contributed by atoms with E-state index >= 15 is 0 Å². The minimum atomic E-state index is -2.48. The Labute approximate surface area is 53.3 Å². The molecule has 0 aromatic heterocycles. The second kappa shape index (κ2) is 4.25. The largest absolute Gasteiger partial charge is 0.254 e. The van der Waals surface area contributed by atoms with Crippen molar-refractivity contribution in [3.8, 4) is 6.07 Å². The molecule has 0 aromatic rings. The number of nitriles is 1. The Bertz CT molecular complexity index is 106. The first-order valence-electron chi connectivity index (χ1n) is 2.90. The molecule has 9 heavy (non-hydrogen) atoms. The molecule has 0 bridgehead atoms. The Morgan fingerprint density at radius 3 is 2.22 bits per heavy atom. The smallest absolute Gasteiger partial charge is 0.209 e. The summed E-state index contributed by atoms with van der Waals surface area (Å²) in [4.78, 5) is 0. The maximum Gasteiger partial charge on any atom is 0.254 e. The van der Waals surface area contributed by atoms with Gasteiger partial charge in [-0.1, -0.05) is 13.3 Å². The van der Waals surface area contributed by atoms with E-state index in [9.17, 15) is 8.78 Å². The molecule has 0 saturated carbocycles. The molecule has 1 nitrogen and oxygen atoms in total. The van der Waals surface area contributed by atoms with Gasteiger partial charge < -0.3 is 0 Å². The molecule has 0 aliphatic carbocycles. The van der Waals surface area contributed by atoms with E-state index in [1.54, 1.807) is 13.0 Å². The second-order valence-electron chi connectivity index (χ2n) is 1.86. The van der Waals surface area contributed by atoms with Crippen LogP contribution >= 0.6 is 0 Å². The van der Waals surface area contributed by atoms with Crippen LogP contribution in [0.2, 0.25) is 0 Å². The molecule has 0 aliphatic rings. The van der Waals surface area contributed by atoms with E-state index in [1.165, 1.54) is 0 Å².